The highest BCUT2D eigenvalue weighted by atomic mass is 127. The number of carbonyl (C=O) groups is 8. The molecule has 498 valence electrons. The van der Waals surface area contributed by atoms with Gasteiger partial charge < -0.3 is 40.0 Å². The number of nitrogens with one attached hydrogen (secondary N) is 3. The van der Waals surface area contributed by atoms with Gasteiger partial charge in [0.15, 0.2) is 0 Å². The molecule has 16 nitrogen and oxygen atoms in total. The Balaban J connectivity index is 0. The van der Waals surface area contributed by atoms with E-state index >= 15 is 0 Å². The lowest BCUT2D eigenvalue weighted by Crippen LogP contribution is -2.38. The van der Waals surface area contributed by atoms with Gasteiger partial charge in [0.1, 0.15) is 11.2 Å². The summed E-state index contributed by atoms with van der Waals surface area (Å²) in [7, 11) is -1.00. The number of aryl methyl sites for hydroxylation is 2. The molecule has 2 unspecified atom stereocenters. The number of rotatable bonds is 35. The minimum atomic E-state index is -1.00. The number of carboxylic acids is 1. The van der Waals surface area contributed by atoms with Crippen molar-refractivity contribution < 1.29 is 68.2 Å². The van der Waals surface area contributed by atoms with Crippen molar-refractivity contribution in [2.45, 2.75) is 262 Å². The van der Waals surface area contributed by atoms with Crippen LogP contribution in [0.5, 0.6) is 0 Å². The van der Waals surface area contributed by atoms with Crippen molar-refractivity contribution in [3.05, 3.63) is 66.8 Å². The second-order valence-corrected chi connectivity index (χ2v) is 29.1. The number of aliphatic carboxylic acids is 1. The van der Waals surface area contributed by atoms with Crippen molar-refractivity contribution >= 4 is 92.7 Å². The Kier molecular flexibility index (Phi) is 44.3. The van der Waals surface area contributed by atoms with Crippen molar-refractivity contribution in [1.29, 1.82) is 0 Å². The quantitative estimate of drug-likeness (QED) is 0.0218. The zero-order valence-corrected chi connectivity index (χ0v) is 59.9. The third-order valence-corrected chi connectivity index (χ3v) is 14.4. The van der Waals surface area contributed by atoms with E-state index in [0.717, 1.165) is 83.5 Å². The topological polar surface area (TPSA) is 230 Å². The Hall–Kier alpha value is -4.41. The Labute approximate surface area is 551 Å². The highest BCUT2D eigenvalue weighted by Gasteiger charge is 2.29. The molecule has 4 N–H and O–H groups in total. The van der Waals surface area contributed by atoms with Gasteiger partial charge in [-0.05, 0) is 224 Å². The van der Waals surface area contributed by atoms with Crippen LogP contribution in [0.25, 0.3) is 0 Å². The molecule has 0 aromatic heterocycles. The summed E-state index contributed by atoms with van der Waals surface area (Å²) in [4.78, 5) is 97.4. The fourth-order valence-electron chi connectivity index (χ4n) is 8.14. The molecule has 2 aromatic carbocycles. The molecule has 0 saturated carbocycles. The first-order valence-corrected chi connectivity index (χ1v) is 33.2. The van der Waals surface area contributed by atoms with E-state index in [0.29, 0.717) is 26.2 Å². The summed E-state index contributed by atoms with van der Waals surface area (Å²) < 4.78 is 39.3. The van der Waals surface area contributed by atoms with E-state index in [9.17, 15) is 42.7 Å². The van der Waals surface area contributed by atoms with Crippen LogP contribution in [0.2, 0.25) is 0 Å². The molecule has 0 aliphatic rings. The van der Waals surface area contributed by atoms with Gasteiger partial charge in [-0.2, -0.15) is 0 Å². The maximum Gasteiger partial charge on any atom is 0.306 e. The van der Waals surface area contributed by atoms with Crippen LogP contribution in [0, 0.1) is 29.8 Å². The molecular weight excluding hydrogens is 1340 g/mol. The van der Waals surface area contributed by atoms with Crippen LogP contribution >= 0.6 is 45.2 Å². The van der Waals surface area contributed by atoms with Crippen molar-refractivity contribution in [2.75, 3.05) is 26.9 Å². The number of alkyl halides is 1. The Bertz CT molecular complexity index is 2300. The predicted octanol–water partition coefficient (Wildman–Crippen LogP) is 15.0. The molecule has 2 rings (SSSR count). The molecule has 3 amide bonds. The lowest BCUT2D eigenvalue weighted by atomic mass is 9.93. The van der Waals surface area contributed by atoms with E-state index in [1.807, 2.05) is 38.1 Å². The first kappa shape index (κ1) is 82.6. The second-order valence-electron chi connectivity index (χ2n) is 26.6. The van der Waals surface area contributed by atoms with Crippen LogP contribution in [0.1, 0.15) is 238 Å². The number of amides is 3. The van der Waals surface area contributed by atoms with Gasteiger partial charge in [0, 0.05) is 63.3 Å². The molecule has 0 spiro atoms. The number of esters is 4. The Morgan fingerprint density at radius 1 is 0.540 bits per heavy atom. The predicted molar refractivity (Wildman–Crippen MR) is 362 cm³/mol. The van der Waals surface area contributed by atoms with Crippen molar-refractivity contribution in [3.8, 4) is 0 Å². The number of unbranched alkanes of at least 4 members (excludes halogenated alkanes) is 3. The minimum Gasteiger partial charge on any atom is -0.481 e. The number of carbonyl (C=O) groups excluding carboxylic acids is 7. The van der Waals surface area contributed by atoms with Crippen molar-refractivity contribution in [2.24, 2.45) is 22.7 Å². The fraction of sp³-hybridized carbons (Fsp3) is 0.706. The number of halogens is 3. The Morgan fingerprint density at radius 2 is 0.908 bits per heavy atom. The molecule has 4 atom stereocenters. The van der Waals surface area contributed by atoms with Crippen LogP contribution in [0.3, 0.4) is 0 Å². The molecule has 0 bridgehead atoms. The lowest BCUT2D eigenvalue weighted by molar-refractivity contribution is -0.157. The first-order valence-electron chi connectivity index (χ1n) is 31.8. The maximum absolute atomic E-state index is 13.1. The molecular formula is C68H112FI2N3O13. The van der Waals surface area contributed by atoms with Gasteiger partial charge in [-0.15, -0.1) is 0 Å². The monoisotopic (exact) mass is 1450 g/mol. The van der Waals surface area contributed by atoms with Crippen LogP contribution in [-0.4, -0.2) is 103 Å². The molecule has 0 aliphatic carbocycles. The maximum atomic E-state index is 13.1. The van der Waals surface area contributed by atoms with Gasteiger partial charge in [-0.25, -0.2) is 0 Å². The largest absolute Gasteiger partial charge is 0.481 e. The highest BCUT2D eigenvalue weighted by molar-refractivity contribution is 14.1. The van der Waals surface area contributed by atoms with Gasteiger partial charge in [0.25, 0.3) is 0 Å². The van der Waals surface area contributed by atoms with E-state index < -0.39 is 54.1 Å². The number of ether oxygens (including phenoxy) is 4. The fourth-order valence-corrected chi connectivity index (χ4v) is 8.86. The standard InChI is InChI=1S/C33H53IN2O6.C24H45NO5.C10H11IO2.CH3F/c1-24(11-8-9-21-35-28(37)13-10-12-25-14-17-27(34)18-15-25)36-31(40)26(16-19-29(38)42-33(5,6)7)23-30(39)41-22-20-32(2,3)4;1-9-10-11-12-18(2)25-22(28)19(13-14-20(26)30-24(6,7)8)17-21(27)29-16-15-23(3,4)5;11-9-6-4-8(5-7-9)2-1-3-10(12)13;1-2/h14-15,17-18,24,26H,8-13,16,19-23H2,1-7H3,(H,35,37)(H,36,40);18-19H,9-17H2,1-8H3,(H,25,28);4-7H,1-3H2,(H,12,13);1H3/t24?,26-;18?,19-;;/m11../s1/i;;;1D. The number of hydrogen-bond acceptors (Lipinski definition) is 12. The summed E-state index contributed by atoms with van der Waals surface area (Å²) in [5, 5.41) is 17.4. The minimum absolute atomic E-state index is 0.0273. The van der Waals surface area contributed by atoms with Crippen LogP contribution in [0.15, 0.2) is 48.5 Å². The normalized spacial score (nSPS) is 12.9. The SMILES string of the molecule is CC(CCCCNC(=O)CCCc1ccc(I)cc1)NC(=O)[C@H](CCC(=O)OC(C)(C)C)CC(=O)OCCC(C)(C)C.CCCCCC(C)NC(=O)[C@H](CCC(=O)OC(C)(C)C)CC(=O)OCCC(C)(C)C.O=C(O)CCCc1ccc(I)cc1.[2H]CF. The second kappa shape index (κ2) is 46.6. The molecule has 0 saturated heterocycles. The molecule has 19 heteroatoms. The van der Waals surface area contributed by atoms with Crippen LogP contribution < -0.4 is 16.0 Å². The summed E-state index contributed by atoms with van der Waals surface area (Å²) in [5.74, 6) is -4.00. The lowest BCUT2D eigenvalue weighted by Gasteiger charge is -2.22. The Morgan fingerprint density at radius 3 is 1.25 bits per heavy atom. The molecule has 0 radical (unpaired) electrons. The molecule has 0 aliphatic heterocycles. The summed E-state index contributed by atoms with van der Waals surface area (Å²) >= 11 is 4.53. The van der Waals surface area contributed by atoms with Gasteiger partial charge in [0.05, 0.1) is 34.6 Å². The highest BCUT2D eigenvalue weighted by Crippen LogP contribution is 2.23. The zero-order chi connectivity index (χ0) is 67.5. The molecule has 0 fully saturated rings. The van der Waals surface area contributed by atoms with Gasteiger partial charge >= 0.3 is 29.8 Å². The van der Waals surface area contributed by atoms with E-state index in [-0.39, 0.29) is 91.6 Å². The summed E-state index contributed by atoms with van der Waals surface area (Å²) in [5.41, 5.74) is 1.37. The smallest absolute Gasteiger partial charge is 0.306 e. The number of carboxylic acid groups (broad SMARTS) is 1. The van der Waals surface area contributed by atoms with Crippen LogP contribution in [0.4, 0.5) is 4.39 Å². The third kappa shape index (κ3) is 53.2. The summed E-state index contributed by atoms with van der Waals surface area (Å²) in [6, 6.07) is 16.4. The van der Waals surface area contributed by atoms with Gasteiger partial charge in [-0.3, -0.25) is 42.7 Å². The van der Waals surface area contributed by atoms with Crippen molar-refractivity contribution in [3.63, 3.8) is 0 Å². The van der Waals surface area contributed by atoms with E-state index in [1.165, 1.54) is 18.3 Å². The van der Waals surface area contributed by atoms with E-state index in [2.05, 4.69) is 134 Å². The number of benzene rings is 2. The van der Waals surface area contributed by atoms with Crippen LogP contribution in [-0.2, 0) is 70.1 Å². The molecule has 0 heterocycles. The first-order chi connectivity index (χ1) is 40.9. The van der Waals surface area contributed by atoms with E-state index in [1.54, 1.807) is 41.5 Å². The summed E-state index contributed by atoms with van der Waals surface area (Å²) in [6.45, 7) is 30.5. The van der Waals surface area contributed by atoms with Gasteiger partial charge in [-0.1, -0.05) is 92.0 Å². The molecule has 2 aromatic rings. The summed E-state index contributed by atoms with van der Waals surface area (Å²) in [6.07, 6.45) is 12.6. The average molecular weight is 1450 g/mol. The third-order valence-electron chi connectivity index (χ3n) is 13.0. The zero-order valence-electron chi connectivity index (χ0n) is 56.6. The van der Waals surface area contributed by atoms with Crippen molar-refractivity contribution in [1.82, 2.24) is 16.0 Å². The number of hydrogen-bond donors (Lipinski definition) is 4. The van der Waals surface area contributed by atoms with E-state index in [4.69, 9.17) is 25.4 Å². The van der Waals surface area contributed by atoms with Gasteiger partial charge in [0.2, 0.25) is 17.7 Å². The molecule has 87 heavy (non-hydrogen) atoms. The average Bonchev–Trinajstić information content (AvgIpc) is 3.62.